The van der Waals surface area contributed by atoms with Crippen molar-refractivity contribution in [3.8, 4) is 0 Å². The summed E-state index contributed by atoms with van der Waals surface area (Å²) < 4.78 is 5.32. The van der Waals surface area contributed by atoms with Crippen LogP contribution in [-0.4, -0.2) is 40.0 Å². The topological polar surface area (TPSA) is 46.6 Å². The first-order chi connectivity index (χ1) is 7.78. The minimum absolute atomic E-state index is 0.112. The first kappa shape index (κ1) is 14.4. The Bertz CT molecular complexity index is 299. The summed E-state index contributed by atoms with van der Waals surface area (Å²) in [5.74, 6) is 0. The van der Waals surface area contributed by atoms with E-state index < -0.39 is 5.60 Å². The zero-order chi connectivity index (χ0) is 13.1. The first-order valence-corrected chi connectivity index (χ1v) is 6.81. The first-order valence-electron chi connectivity index (χ1n) is 5.93. The highest BCUT2D eigenvalue weighted by atomic mass is 32.2. The molecule has 0 aromatic rings. The molecule has 0 aromatic carbocycles. The number of carbonyl (C=O) groups excluding carboxylic acids is 2. The number of hydrogen-bond acceptors (Lipinski definition) is 4. The lowest BCUT2D eigenvalue weighted by Gasteiger charge is -2.33. The maximum Gasteiger partial charge on any atom is 0.410 e. The summed E-state index contributed by atoms with van der Waals surface area (Å²) in [5.41, 5.74) is -0.461. The number of rotatable bonds is 1. The van der Waals surface area contributed by atoms with Gasteiger partial charge in [0.15, 0.2) is 5.12 Å². The number of nitrogens with zero attached hydrogens (tertiary/aromatic N) is 1. The fourth-order valence-electron chi connectivity index (χ4n) is 1.76. The fraction of sp³-hybridized carbons (Fsp3) is 0.833. The number of hydrogen-bond donors (Lipinski definition) is 0. The fourth-order valence-corrected chi connectivity index (χ4v) is 2.77. The lowest BCUT2D eigenvalue weighted by molar-refractivity contribution is -0.109. The zero-order valence-corrected chi connectivity index (χ0v) is 11.8. The van der Waals surface area contributed by atoms with E-state index in [1.54, 1.807) is 11.8 Å². The zero-order valence-electron chi connectivity index (χ0n) is 11.0. The van der Waals surface area contributed by atoms with E-state index in [2.05, 4.69) is 0 Å². The van der Waals surface area contributed by atoms with Crippen molar-refractivity contribution in [2.45, 2.75) is 51.4 Å². The Kier molecular flexibility index (Phi) is 4.86. The van der Waals surface area contributed by atoms with Gasteiger partial charge in [-0.15, -0.1) is 0 Å². The molecule has 0 bridgehead atoms. The lowest BCUT2D eigenvalue weighted by atomic mass is 10.1. The molecule has 1 amide bonds. The molecular formula is C12H21NO3S. The van der Waals surface area contributed by atoms with Gasteiger partial charge in [0.2, 0.25) is 0 Å². The largest absolute Gasteiger partial charge is 0.444 e. The normalized spacial score (nSPS) is 21.2. The molecule has 0 unspecified atom stereocenters. The van der Waals surface area contributed by atoms with Crippen molar-refractivity contribution >= 4 is 23.0 Å². The van der Waals surface area contributed by atoms with E-state index in [1.165, 1.54) is 11.8 Å². The van der Waals surface area contributed by atoms with Gasteiger partial charge in [-0.2, -0.15) is 0 Å². The van der Waals surface area contributed by atoms with Gasteiger partial charge < -0.3 is 9.64 Å². The van der Waals surface area contributed by atoms with Crippen LogP contribution < -0.4 is 0 Å². The summed E-state index contributed by atoms with van der Waals surface area (Å²) >= 11 is 1.33. The van der Waals surface area contributed by atoms with Gasteiger partial charge in [0.1, 0.15) is 5.60 Å². The summed E-state index contributed by atoms with van der Waals surface area (Å²) in [6.07, 6.45) is 1.65. The molecule has 4 nitrogen and oxygen atoms in total. The molecule has 0 N–H and O–H groups in total. The van der Waals surface area contributed by atoms with Gasteiger partial charge in [-0.25, -0.2) is 4.79 Å². The number of amides is 1. The van der Waals surface area contributed by atoms with Gasteiger partial charge in [-0.05, 0) is 33.6 Å². The molecule has 1 atom stereocenters. The van der Waals surface area contributed by atoms with E-state index >= 15 is 0 Å². The molecule has 1 aliphatic rings. The van der Waals surface area contributed by atoms with E-state index in [-0.39, 0.29) is 16.5 Å². The van der Waals surface area contributed by atoms with Gasteiger partial charge in [0, 0.05) is 25.3 Å². The Labute approximate surface area is 107 Å². The summed E-state index contributed by atoms with van der Waals surface area (Å²) in [7, 11) is 0. The van der Waals surface area contributed by atoms with E-state index in [0.29, 0.717) is 6.54 Å². The minimum Gasteiger partial charge on any atom is -0.444 e. The van der Waals surface area contributed by atoms with Gasteiger partial charge in [0.05, 0.1) is 0 Å². The Hall–Kier alpha value is -0.710. The Morgan fingerprint density at radius 1 is 1.35 bits per heavy atom. The molecule has 0 spiro atoms. The van der Waals surface area contributed by atoms with Gasteiger partial charge in [0.25, 0.3) is 0 Å². The van der Waals surface area contributed by atoms with Crippen LogP contribution in [0.5, 0.6) is 0 Å². The summed E-state index contributed by atoms with van der Waals surface area (Å²) in [6.45, 7) is 8.48. The number of thioether (sulfide) groups is 1. The van der Waals surface area contributed by atoms with Gasteiger partial charge >= 0.3 is 6.09 Å². The second-order valence-electron chi connectivity index (χ2n) is 5.30. The monoisotopic (exact) mass is 259 g/mol. The highest BCUT2D eigenvalue weighted by Gasteiger charge is 2.28. The van der Waals surface area contributed by atoms with Crippen molar-refractivity contribution in [1.29, 1.82) is 0 Å². The number of ether oxygens (including phenoxy) is 1. The maximum absolute atomic E-state index is 11.9. The predicted molar refractivity (Wildman–Crippen MR) is 69.1 cm³/mol. The summed E-state index contributed by atoms with van der Waals surface area (Å²) in [6, 6.07) is 0. The molecule has 5 heteroatoms. The number of piperidine rings is 1. The van der Waals surface area contributed by atoms with Crippen molar-refractivity contribution in [3.63, 3.8) is 0 Å². The van der Waals surface area contributed by atoms with E-state index in [1.807, 2.05) is 20.8 Å². The van der Waals surface area contributed by atoms with Crippen LogP contribution in [0.25, 0.3) is 0 Å². The van der Waals surface area contributed by atoms with E-state index in [9.17, 15) is 9.59 Å². The third-order valence-electron chi connectivity index (χ3n) is 2.36. The highest BCUT2D eigenvalue weighted by molar-refractivity contribution is 8.14. The lowest BCUT2D eigenvalue weighted by Crippen LogP contribution is -2.44. The van der Waals surface area contributed by atoms with Crippen LogP contribution in [0, 0.1) is 0 Å². The second-order valence-corrected chi connectivity index (χ2v) is 6.78. The molecule has 0 aliphatic carbocycles. The van der Waals surface area contributed by atoms with Crippen LogP contribution in [0.1, 0.15) is 40.5 Å². The Morgan fingerprint density at radius 2 is 2.00 bits per heavy atom. The van der Waals surface area contributed by atoms with Crippen molar-refractivity contribution in [2.24, 2.45) is 0 Å². The molecule has 1 rings (SSSR count). The van der Waals surface area contributed by atoms with Crippen molar-refractivity contribution in [1.82, 2.24) is 4.90 Å². The van der Waals surface area contributed by atoms with E-state index in [0.717, 1.165) is 19.4 Å². The second kappa shape index (κ2) is 5.76. The standard InChI is InChI=1S/C12H21NO3S/c1-9(14)17-10-6-5-7-13(8-10)11(15)16-12(2,3)4/h10H,5-8H2,1-4H3/t10-/m1/s1. The molecule has 1 saturated heterocycles. The van der Waals surface area contributed by atoms with Crippen molar-refractivity contribution < 1.29 is 14.3 Å². The molecular weight excluding hydrogens is 238 g/mol. The van der Waals surface area contributed by atoms with Crippen LogP contribution >= 0.6 is 11.8 Å². The predicted octanol–water partition coefficient (Wildman–Crippen LogP) is 2.67. The average molecular weight is 259 g/mol. The Morgan fingerprint density at radius 3 is 2.53 bits per heavy atom. The molecule has 0 aromatic heterocycles. The molecule has 1 heterocycles. The average Bonchev–Trinajstić information content (AvgIpc) is 2.14. The SMILES string of the molecule is CC(=O)S[C@@H]1CCCN(C(=O)OC(C)(C)C)C1. The van der Waals surface area contributed by atoms with Crippen LogP contribution in [0.2, 0.25) is 0 Å². The quantitative estimate of drug-likeness (QED) is 0.726. The highest BCUT2D eigenvalue weighted by Crippen LogP contribution is 2.24. The summed E-state index contributed by atoms with van der Waals surface area (Å²) in [5, 5.41) is 0.329. The van der Waals surface area contributed by atoms with Crippen molar-refractivity contribution in [2.75, 3.05) is 13.1 Å². The van der Waals surface area contributed by atoms with Gasteiger partial charge in [-0.3, -0.25) is 4.79 Å². The molecule has 0 saturated carbocycles. The molecule has 1 fully saturated rings. The van der Waals surface area contributed by atoms with Crippen molar-refractivity contribution in [3.05, 3.63) is 0 Å². The number of carbonyl (C=O) groups is 2. The third kappa shape index (κ3) is 5.44. The molecule has 1 aliphatic heterocycles. The van der Waals surface area contributed by atoms with Crippen LogP contribution in [-0.2, 0) is 9.53 Å². The van der Waals surface area contributed by atoms with Gasteiger partial charge in [-0.1, -0.05) is 11.8 Å². The van der Waals surface area contributed by atoms with Crippen LogP contribution in [0.3, 0.4) is 0 Å². The van der Waals surface area contributed by atoms with Crippen LogP contribution in [0.15, 0.2) is 0 Å². The summed E-state index contributed by atoms with van der Waals surface area (Å²) in [4.78, 5) is 24.6. The molecule has 98 valence electrons. The van der Waals surface area contributed by atoms with E-state index in [4.69, 9.17) is 4.74 Å². The Balaban J connectivity index is 2.49. The smallest absolute Gasteiger partial charge is 0.410 e. The molecule has 0 radical (unpaired) electrons. The minimum atomic E-state index is -0.461. The maximum atomic E-state index is 11.9. The third-order valence-corrected chi connectivity index (χ3v) is 3.41. The molecule has 17 heavy (non-hydrogen) atoms. The number of likely N-dealkylation sites (tertiary alicyclic amines) is 1. The van der Waals surface area contributed by atoms with Crippen LogP contribution in [0.4, 0.5) is 4.79 Å².